The van der Waals surface area contributed by atoms with E-state index >= 15 is 0 Å². The van der Waals surface area contributed by atoms with Gasteiger partial charge in [-0.1, -0.05) is 30.3 Å². The summed E-state index contributed by atoms with van der Waals surface area (Å²) in [5.41, 5.74) is 1.94. The van der Waals surface area contributed by atoms with Gasteiger partial charge in [-0.15, -0.1) is 5.10 Å². The quantitative estimate of drug-likeness (QED) is 0.865. The summed E-state index contributed by atoms with van der Waals surface area (Å²) in [6.07, 6.45) is 2.48. The smallest absolute Gasteiger partial charge is 0.153 e. The molecule has 1 atom stereocenters. The predicted molar refractivity (Wildman–Crippen MR) is 67.5 cm³/mol. The van der Waals surface area contributed by atoms with E-state index < -0.39 is 0 Å². The van der Waals surface area contributed by atoms with Gasteiger partial charge in [-0.05, 0) is 14.0 Å². The Morgan fingerprint density at radius 2 is 2.00 bits per heavy atom. The fraction of sp³-hybridized carbons (Fsp3) is 0.308. The van der Waals surface area contributed by atoms with Crippen molar-refractivity contribution in [2.24, 2.45) is 0 Å². The van der Waals surface area contributed by atoms with Gasteiger partial charge in [-0.3, -0.25) is 0 Å². The Balaban J connectivity index is 2.23. The topological polar surface area (TPSA) is 50.7 Å². The molecule has 0 aliphatic heterocycles. The first-order valence-corrected chi connectivity index (χ1v) is 5.71. The molecule has 1 aromatic heterocycles. The van der Waals surface area contributed by atoms with Crippen molar-refractivity contribution in [2.45, 2.75) is 19.4 Å². The van der Waals surface area contributed by atoms with E-state index in [0.717, 1.165) is 23.5 Å². The average molecular weight is 228 g/mol. The normalized spacial score (nSPS) is 12.4. The molecule has 0 spiro atoms. The second kappa shape index (κ2) is 5.50. The van der Waals surface area contributed by atoms with Gasteiger partial charge in [0.05, 0.1) is 11.9 Å². The Kier molecular flexibility index (Phi) is 3.77. The monoisotopic (exact) mass is 228 g/mol. The molecule has 1 heterocycles. The lowest BCUT2D eigenvalue weighted by molar-refractivity contribution is 0.585. The number of benzene rings is 1. The van der Waals surface area contributed by atoms with Crippen LogP contribution >= 0.6 is 0 Å². The van der Waals surface area contributed by atoms with E-state index in [1.54, 1.807) is 6.20 Å². The van der Waals surface area contributed by atoms with Gasteiger partial charge in [-0.25, -0.2) is 4.98 Å². The van der Waals surface area contributed by atoms with Crippen molar-refractivity contribution < 1.29 is 0 Å². The van der Waals surface area contributed by atoms with E-state index in [2.05, 4.69) is 27.4 Å². The van der Waals surface area contributed by atoms with E-state index in [4.69, 9.17) is 0 Å². The molecule has 0 aliphatic carbocycles. The van der Waals surface area contributed by atoms with Crippen LogP contribution in [0.5, 0.6) is 0 Å². The number of hydrogen-bond acceptors (Lipinski definition) is 4. The van der Waals surface area contributed by atoms with Gasteiger partial charge in [0.2, 0.25) is 0 Å². The van der Waals surface area contributed by atoms with E-state index in [1.165, 1.54) is 0 Å². The molecule has 1 aromatic carbocycles. The van der Waals surface area contributed by atoms with Crippen LogP contribution in [0.3, 0.4) is 0 Å². The zero-order chi connectivity index (χ0) is 12.1. The van der Waals surface area contributed by atoms with Crippen LogP contribution in [0.25, 0.3) is 11.3 Å². The molecule has 0 amide bonds. The molecule has 2 rings (SSSR count). The highest BCUT2D eigenvalue weighted by Crippen LogP contribution is 2.14. The minimum atomic E-state index is 0.350. The lowest BCUT2D eigenvalue weighted by atomic mass is 10.1. The molecule has 1 unspecified atom stereocenters. The first-order valence-electron chi connectivity index (χ1n) is 5.71. The lowest BCUT2D eigenvalue weighted by Crippen LogP contribution is -2.24. The first kappa shape index (κ1) is 11.7. The zero-order valence-electron chi connectivity index (χ0n) is 10.1. The maximum atomic E-state index is 4.52. The number of hydrogen-bond donors (Lipinski definition) is 1. The molecule has 4 nitrogen and oxygen atoms in total. The lowest BCUT2D eigenvalue weighted by Gasteiger charge is -2.08. The SMILES string of the molecule is CNC(C)Cc1nncc(-c2ccccc2)n1. The van der Waals surface area contributed by atoms with Crippen LogP contribution in [-0.4, -0.2) is 28.3 Å². The summed E-state index contributed by atoms with van der Waals surface area (Å²) in [7, 11) is 1.93. The Bertz CT molecular complexity index is 470. The maximum absolute atomic E-state index is 4.52. The van der Waals surface area contributed by atoms with E-state index in [9.17, 15) is 0 Å². The van der Waals surface area contributed by atoms with Crippen LogP contribution in [-0.2, 0) is 6.42 Å². The Morgan fingerprint density at radius 1 is 1.24 bits per heavy atom. The van der Waals surface area contributed by atoms with Crippen molar-refractivity contribution in [3.05, 3.63) is 42.4 Å². The minimum absolute atomic E-state index is 0.350. The third-order valence-electron chi connectivity index (χ3n) is 2.65. The predicted octanol–water partition coefficient (Wildman–Crippen LogP) is 1.69. The van der Waals surface area contributed by atoms with Crippen molar-refractivity contribution in [2.75, 3.05) is 7.05 Å². The van der Waals surface area contributed by atoms with Crippen LogP contribution < -0.4 is 5.32 Å². The van der Waals surface area contributed by atoms with E-state index in [1.807, 2.05) is 37.4 Å². The van der Waals surface area contributed by atoms with Crippen molar-refractivity contribution in [3.63, 3.8) is 0 Å². The summed E-state index contributed by atoms with van der Waals surface area (Å²) >= 11 is 0. The Labute approximate surface area is 101 Å². The van der Waals surface area contributed by atoms with E-state index in [0.29, 0.717) is 6.04 Å². The summed E-state index contributed by atoms with van der Waals surface area (Å²) in [6.45, 7) is 2.10. The van der Waals surface area contributed by atoms with Gasteiger partial charge in [0.25, 0.3) is 0 Å². The molecule has 1 N–H and O–H groups in total. The van der Waals surface area contributed by atoms with Crippen LogP contribution in [0.1, 0.15) is 12.7 Å². The molecular formula is C13H16N4. The third-order valence-corrected chi connectivity index (χ3v) is 2.65. The highest BCUT2D eigenvalue weighted by Gasteiger charge is 2.06. The molecular weight excluding hydrogens is 212 g/mol. The number of rotatable bonds is 4. The number of nitrogens with one attached hydrogen (secondary N) is 1. The number of nitrogens with zero attached hydrogens (tertiary/aromatic N) is 3. The molecule has 0 aliphatic rings. The second-order valence-corrected chi connectivity index (χ2v) is 4.02. The molecule has 0 radical (unpaired) electrons. The average Bonchev–Trinajstić information content (AvgIpc) is 2.40. The Hall–Kier alpha value is -1.81. The van der Waals surface area contributed by atoms with Crippen molar-refractivity contribution in [1.29, 1.82) is 0 Å². The standard InChI is InChI=1S/C13H16N4/c1-10(14-2)8-13-16-12(9-15-17-13)11-6-4-3-5-7-11/h3-7,9-10,14H,8H2,1-2H3. The second-order valence-electron chi connectivity index (χ2n) is 4.02. The maximum Gasteiger partial charge on any atom is 0.153 e. The van der Waals surface area contributed by atoms with Gasteiger partial charge < -0.3 is 5.32 Å². The fourth-order valence-corrected chi connectivity index (χ4v) is 1.55. The molecule has 0 saturated heterocycles. The molecule has 2 aromatic rings. The summed E-state index contributed by atoms with van der Waals surface area (Å²) in [4.78, 5) is 4.52. The highest BCUT2D eigenvalue weighted by molar-refractivity contribution is 5.57. The van der Waals surface area contributed by atoms with Gasteiger partial charge in [-0.2, -0.15) is 5.10 Å². The summed E-state index contributed by atoms with van der Waals surface area (Å²) < 4.78 is 0. The van der Waals surface area contributed by atoms with E-state index in [-0.39, 0.29) is 0 Å². The number of aromatic nitrogens is 3. The van der Waals surface area contributed by atoms with Gasteiger partial charge >= 0.3 is 0 Å². The van der Waals surface area contributed by atoms with Crippen molar-refractivity contribution in [3.8, 4) is 11.3 Å². The van der Waals surface area contributed by atoms with Crippen LogP contribution in [0.2, 0.25) is 0 Å². The number of likely N-dealkylation sites (N-methyl/N-ethyl adjacent to an activating group) is 1. The molecule has 0 fully saturated rings. The van der Waals surface area contributed by atoms with Gasteiger partial charge in [0.1, 0.15) is 0 Å². The zero-order valence-corrected chi connectivity index (χ0v) is 10.1. The first-order chi connectivity index (χ1) is 8.29. The minimum Gasteiger partial charge on any atom is -0.317 e. The highest BCUT2D eigenvalue weighted by atomic mass is 15.1. The molecule has 17 heavy (non-hydrogen) atoms. The van der Waals surface area contributed by atoms with Gasteiger partial charge in [0, 0.05) is 18.0 Å². The summed E-state index contributed by atoms with van der Waals surface area (Å²) in [5.74, 6) is 0.771. The van der Waals surface area contributed by atoms with Gasteiger partial charge in [0.15, 0.2) is 5.82 Å². The summed E-state index contributed by atoms with van der Waals surface area (Å²) in [5, 5.41) is 11.2. The Morgan fingerprint density at radius 3 is 2.71 bits per heavy atom. The van der Waals surface area contributed by atoms with Crippen LogP contribution in [0, 0.1) is 0 Å². The van der Waals surface area contributed by atoms with Crippen LogP contribution in [0.4, 0.5) is 0 Å². The molecule has 88 valence electrons. The molecule has 4 heteroatoms. The molecule has 0 saturated carbocycles. The van der Waals surface area contributed by atoms with Crippen molar-refractivity contribution in [1.82, 2.24) is 20.5 Å². The largest absolute Gasteiger partial charge is 0.317 e. The fourth-order valence-electron chi connectivity index (χ4n) is 1.55. The molecule has 0 bridgehead atoms. The summed E-state index contributed by atoms with van der Waals surface area (Å²) in [6, 6.07) is 10.4. The van der Waals surface area contributed by atoms with Crippen LogP contribution in [0.15, 0.2) is 36.5 Å². The van der Waals surface area contributed by atoms with Crippen molar-refractivity contribution >= 4 is 0 Å². The third kappa shape index (κ3) is 3.07.